The van der Waals surface area contributed by atoms with E-state index in [0.717, 1.165) is 0 Å². The maximum atomic E-state index is 12.1. The molecular formula is C12H17NO6. The summed E-state index contributed by atoms with van der Waals surface area (Å²) in [5, 5.41) is 8.82. The Kier molecular flexibility index (Phi) is 4.04. The number of carbonyl (C=O) groups excluding carboxylic acids is 2. The fourth-order valence-electron chi connectivity index (χ4n) is 2.29. The molecule has 0 aromatic rings. The van der Waals surface area contributed by atoms with E-state index in [1.54, 1.807) is 4.90 Å². The molecule has 7 nitrogen and oxygen atoms in total. The molecular weight excluding hydrogens is 254 g/mol. The smallest absolute Gasteiger partial charge is 0.308 e. The number of carbonyl (C=O) groups is 3. The molecule has 3 atom stereocenters. The van der Waals surface area contributed by atoms with Crippen LogP contribution in [0.2, 0.25) is 0 Å². The third-order valence-electron chi connectivity index (χ3n) is 3.50. The first kappa shape index (κ1) is 13.8. The highest BCUT2D eigenvalue weighted by Crippen LogP contribution is 2.40. The lowest BCUT2D eigenvalue weighted by molar-refractivity contribution is -0.151. The van der Waals surface area contributed by atoms with E-state index in [2.05, 4.69) is 4.74 Å². The van der Waals surface area contributed by atoms with Gasteiger partial charge in [0.05, 0.1) is 38.1 Å². The number of morpholine rings is 1. The Morgan fingerprint density at radius 3 is 2.68 bits per heavy atom. The van der Waals surface area contributed by atoms with Crippen LogP contribution in [0.1, 0.15) is 12.8 Å². The van der Waals surface area contributed by atoms with Crippen molar-refractivity contribution in [3.05, 3.63) is 0 Å². The third-order valence-corrected chi connectivity index (χ3v) is 3.50. The summed E-state index contributed by atoms with van der Waals surface area (Å²) < 4.78 is 9.95. The summed E-state index contributed by atoms with van der Waals surface area (Å²) in [5.41, 5.74) is 0. The van der Waals surface area contributed by atoms with E-state index in [0.29, 0.717) is 26.1 Å². The first-order chi connectivity index (χ1) is 9.02. The van der Waals surface area contributed by atoms with E-state index < -0.39 is 17.8 Å². The standard InChI is InChI=1S/C12H17NO6/c1-18-10(14)4-7-6-13(2-3-19-7)11(15)8-5-9(8)12(16)17/h7-9H,2-6H2,1H3,(H,16,17). The molecule has 0 spiro atoms. The van der Waals surface area contributed by atoms with E-state index in [4.69, 9.17) is 9.84 Å². The molecule has 0 radical (unpaired) electrons. The number of hydrogen-bond acceptors (Lipinski definition) is 5. The van der Waals surface area contributed by atoms with Gasteiger partial charge in [-0.25, -0.2) is 0 Å². The number of ether oxygens (including phenoxy) is 2. The van der Waals surface area contributed by atoms with Crippen LogP contribution in [0, 0.1) is 11.8 Å². The number of carboxylic acid groups (broad SMARTS) is 1. The first-order valence-electron chi connectivity index (χ1n) is 6.23. The summed E-state index contributed by atoms with van der Waals surface area (Å²) in [7, 11) is 1.30. The van der Waals surface area contributed by atoms with Gasteiger partial charge in [-0.15, -0.1) is 0 Å². The number of nitrogens with zero attached hydrogens (tertiary/aromatic N) is 1. The number of methoxy groups -OCH3 is 1. The largest absolute Gasteiger partial charge is 0.481 e. The highest BCUT2D eigenvalue weighted by molar-refractivity contribution is 5.89. The maximum absolute atomic E-state index is 12.1. The van der Waals surface area contributed by atoms with Crippen LogP contribution in [0.3, 0.4) is 0 Å². The van der Waals surface area contributed by atoms with Crippen LogP contribution in [-0.4, -0.2) is 60.8 Å². The number of rotatable bonds is 4. The second-order valence-corrected chi connectivity index (χ2v) is 4.84. The van der Waals surface area contributed by atoms with Crippen molar-refractivity contribution in [3.8, 4) is 0 Å². The van der Waals surface area contributed by atoms with Crippen LogP contribution in [-0.2, 0) is 23.9 Å². The minimum atomic E-state index is -0.919. The lowest BCUT2D eigenvalue weighted by atomic mass is 10.2. The van der Waals surface area contributed by atoms with Gasteiger partial charge in [0.25, 0.3) is 0 Å². The summed E-state index contributed by atoms with van der Waals surface area (Å²) in [6.07, 6.45) is 0.146. The van der Waals surface area contributed by atoms with Gasteiger partial charge in [0, 0.05) is 13.1 Å². The predicted octanol–water partition coefficient (Wildman–Crippen LogP) is -0.502. The topological polar surface area (TPSA) is 93.1 Å². The molecule has 1 saturated carbocycles. The average Bonchev–Trinajstić information content (AvgIpc) is 3.18. The molecule has 0 aromatic carbocycles. The molecule has 1 amide bonds. The summed E-state index contributed by atoms with van der Waals surface area (Å²) >= 11 is 0. The van der Waals surface area contributed by atoms with Crippen molar-refractivity contribution in [2.45, 2.75) is 18.9 Å². The molecule has 3 unspecified atom stereocenters. The zero-order valence-corrected chi connectivity index (χ0v) is 10.7. The molecule has 19 heavy (non-hydrogen) atoms. The van der Waals surface area contributed by atoms with Crippen LogP contribution in [0.5, 0.6) is 0 Å². The molecule has 2 rings (SSSR count). The Labute approximate surface area is 110 Å². The molecule has 1 aliphatic heterocycles. The van der Waals surface area contributed by atoms with Crippen LogP contribution in [0.15, 0.2) is 0 Å². The van der Waals surface area contributed by atoms with E-state index in [1.807, 2.05) is 0 Å². The normalized spacial score (nSPS) is 29.7. The molecule has 106 valence electrons. The van der Waals surface area contributed by atoms with Gasteiger partial charge in [-0.2, -0.15) is 0 Å². The van der Waals surface area contributed by atoms with E-state index in [9.17, 15) is 14.4 Å². The van der Waals surface area contributed by atoms with Gasteiger partial charge in [-0.3, -0.25) is 14.4 Å². The Morgan fingerprint density at radius 1 is 1.37 bits per heavy atom. The summed E-state index contributed by atoms with van der Waals surface area (Å²) in [4.78, 5) is 35.6. The maximum Gasteiger partial charge on any atom is 0.308 e. The predicted molar refractivity (Wildman–Crippen MR) is 62.2 cm³/mol. The van der Waals surface area contributed by atoms with Crippen LogP contribution in [0.4, 0.5) is 0 Å². The summed E-state index contributed by atoms with van der Waals surface area (Å²) in [6.45, 7) is 1.12. The zero-order valence-electron chi connectivity index (χ0n) is 10.7. The molecule has 0 bridgehead atoms. The minimum absolute atomic E-state index is 0.104. The number of carboxylic acids is 1. The molecule has 1 N–H and O–H groups in total. The third kappa shape index (κ3) is 3.23. The molecule has 1 heterocycles. The highest BCUT2D eigenvalue weighted by atomic mass is 16.5. The molecule has 1 aliphatic carbocycles. The average molecular weight is 271 g/mol. The Morgan fingerprint density at radius 2 is 2.11 bits per heavy atom. The highest BCUT2D eigenvalue weighted by Gasteiger charge is 2.50. The van der Waals surface area contributed by atoms with Gasteiger partial charge >= 0.3 is 11.9 Å². The summed E-state index contributed by atoms with van der Waals surface area (Å²) in [5.74, 6) is -2.40. The Balaban J connectivity index is 1.86. The van der Waals surface area contributed by atoms with Gasteiger partial charge in [0.2, 0.25) is 5.91 Å². The van der Waals surface area contributed by atoms with E-state index >= 15 is 0 Å². The van der Waals surface area contributed by atoms with Crippen molar-refractivity contribution in [1.29, 1.82) is 0 Å². The van der Waals surface area contributed by atoms with Crippen LogP contribution in [0.25, 0.3) is 0 Å². The van der Waals surface area contributed by atoms with Crippen molar-refractivity contribution < 1.29 is 29.0 Å². The van der Waals surface area contributed by atoms with E-state index in [-0.39, 0.29) is 24.4 Å². The van der Waals surface area contributed by atoms with E-state index in [1.165, 1.54) is 7.11 Å². The molecule has 2 aliphatic rings. The first-order valence-corrected chi connectivity index (χ1v) is 6.23. The molecule has 2 fully saturated rings. The van der Waals surface area contributed by atoms with Crippen LogP contribution >= 0.6 is 0 Å². The van der Waals surface area contributed by atoms with Crippen molar-refractivity contribution in [2.24, 2.45) is 11.8 Å². The van der Waals surface area contributed by atoms with Gasteiger partial charge in [0.15, 0.2) is 0 Å². The van der Waals surface area contributed by atoms with Crippen molar-refractivity contribution in [3.63, 3.8) is 0 Å². The van der Waals surface area contributed by atoms with Crippen LogP contribution < -0.4 is 0 Å². The number of aliphatic carboxylic acids is 1. The number of esters is 1. The van der Waals surface area contributed by atoms with Crippen molar-refractivity contribution >= 4 is 17.8 Å². The monoisotopic (exact) mass is 271 g/mol. The molecule has 1 saturated heterocycles. The Hall–Kier alpha value is -1.63. The van der Waals surface area contributed by atoms with Crippen molar-refractivity contribution in [2.75, 3.05) is 26.8 Å². The van der Waals surface area contributed by atoms with Crippen molar-refractivity contribution in [1.82, 2.24) is 4.90 Å². The zero-order chi connectivity index (χ0) is 14.0. The second-order valence-electron chi connectivity index (χ2n) is 4.84. The fraction of sp³-hybridized carbons (Fsp3) is 0.750. The van der Waals surface area contributed by atoms with Gasteiger partial charge in [-0.1, -0.05) is 0 Å². The molecule has 7 heteroatoms. The SMILES string of the molecule is COC(=O)CC1CN(C(=O)C2CC2C(=O)O)CCO1. The van der Waals surface area contributed by atoms with Gasteiger partial charge < -0.3 is 19.5 Å². The minimum Gasteiger partial charge on any atom is -0.481 e. The van der Waals surface area contributed by atoms with Gasteiger partial charge in [-0.05, 0) is 6.42 Å². The lowest BCUT2D eigenvalue weighted by Crippen LogP contribution is -2.47. The Bertz CT molecular complexity index is 396. The number of hydrogen-bond donors (Lipinski definition) is 1. The number of amides is 1. The molecule has 0 aromatic heterocycles. The lowest BCUT2D eigenvalue weighted by Gasteiger charge is -2.32. The second kappa shape index (κ2) is 5.56. The summed E-state index contributed by atoms with van der Waals surface area (Å²) in [6, 6.07) is 0. The van der Waals surface area contributed by atoms with Gasteiger partial charge in [0.1, 0.15) is 0 Å². The fourth-order valence-corrected chi connectivity index (χ4v) is 2.29. The quantitative estimate of drug-likeness (QED) is 0.693.